The van der Waals surface area contributed by atoms with E-state index in [0.717, 1.165) is 19.3 Å². The predicted octanol–water partition coefficient (Wildman–Crippen LogP) is 3.39. The third kappa shape index (κ3) is 9.37. The number of hydrogen-bond donors (Lipinski definition) is 3. The van der Waals surface area contributed by atoms with Crippen molar-refractivity contribution in [3.63, 3.8) is 0 Å². The quantitative estimate of drug-likeness (QED) is 0.423. The van der Waals surface area contributed by atoms with Crippen molar-refractivity contribution >= 4 is 17.9 Å². The van der Waals surface area contributed by atoms with Gasteiger partial charge in [-0.15, -0.1) is 0 Å². The van der Waals surface area contributed by atoms with E-state index in [9.17, 15) is 14.4 Å². The molecule has 0 saturated carbocycles. The summed E-state index contributed by atoms with van der Waals surface area (Å²) >= 11 is 0. The van der Waals surface area contributed by atoms with Gasteiger partial charge in [0.05, 0.1) is 18.3 Å². The van der Waals surface area contributed by atoms with Gasteiger partial charge >= 0.3 is 17.9 Å². The van der Waals surface area contributed by atoms with E-state index in [1.165, 1.54) is 25.7 Å². The monoisotopic (exact) mass is 316 g/mol. The molecule has 0 aliphatic carbocycles. The fourth-order valence-corrected chi connectivity index (χ4v) is 2.58. The average molecular weight is 316 g/mol. The van der Waals surface area contributed by atoms with Gasteiger partial charge in [-0.3, -0.25) is 14.4 Å². The SMILES string of the molecule is CCCCCCCCCCC(C(=O)O)C(CC(=O)O)C(=O)O. The molecule has 128 valence electrons. The summed E-state index contributed by atoms with van der Waals surface area (Å²) in [6.45, 7) is 2.15. The molecule has 0 aliphatic rings. The second-order valence-electron chi connectivity index (χ2n) is 5.75. The van der Waals surface area contributed by atoms with Gasteiger partial charge in [0.15, 0.2) is 0 Å². The zero-order valence-corrected chi connectivity index (χ0v) is 13.3. The minimum absolute atomic E-state index is 0.217. The van der Waals surface area contributed by atoms with Gasteiger partial charge in [-0.05, 0) is 6.42 Å². The second kappa shape index (κ2) is 12.0. The van der Waals surface area contributed by atoms with Crippen LogP contribution in [0.25, 0.3) is 0 Å². The summed E-state index contributed by atoms with van der Waals surface area (Å²) in [5.74, 6) is -6.35. The lowest BCUT2D eigenvalue weighted by Crippen LogP contribution is -2.31. The highest BCUT2D eigenvalue weighted by Crippen LogP contribution is 2.24. The van der Waals surface area contributed by atoms with E-state index in [0.29, 0.717) is 6.42 Å². The Morgan fingerprint density at radius 2 is 1.18 bits per heavy atom. The predicted molar refractivity (Wildman–Crippen MR) is 81.7 cm³/mol. The molecule has 0 aromatic carbocycles. The Labute approximate surface area is 131 Å². The summed E-state index contributed by atoms with van der Waals surface area (Å²) in [6.07, 6.45) is 7.97. The molecule has 0 amide bonds. The van der Waals surface area contributed by atoms with Crippen molar-refractivity contribution in [3.8, 4) is 0 Å². The first-order chi connectivity index (χ1) is 10.4. The highest BCUT2D eigenvalue weighted by molar-refractivity contribution is 5.83. The summed E-state index contributed by atoms with van der Waals surface area (Å²) in [7, 11) is 0. The lowest BCUT2D eigenvalue weighted by Gasteiger charge is -2.18. The normalized spacial score (nSPS) is 13.5. The van der Waals surface area contributed by atoms with Crippen LogP contribution in [0.1, 0.15) is 71.1 Å². The minimum Gasteiger partial charge on any atom is -0.481 e. The van der Waals surface area contributed by atoms with E-state index >= 15 is 0 Å². The zero-order chi connectivity index (χ0) is 17.0. The molecule has 2 unspecified atom stereocenters. The summed E-state index contributed by atoms with van der Waals surface area (Å²) in [6, 6.07) is 0. The van der Waals surface area contributed by atoms with E-state index in [1.54, 1.807) is 0 Å². The fraction of sp³-hybridized carbons (Fsp3) is 0.812. The van der Waals surface area contributed by atoms with Crippen LogP contribution < -0.4 is 0 Å². The molecule has 0 aromatic heterocycles. The summed E-state index contributed by atoms with van der Waals surface area (Å²) in [5.41, 5.74) is 0. The highest BCUT2D eigenvalue weighted by Gasteiger charge is 2.34. The zero-order valence-electron chi connectivity index (χ0n) is 13.3. The van der Waals surface area contributed by atoms with Gasteiger partial charge in [-0.25, -0.2) is 0 Å². The number of carboxylic acids is 3. The molecular formula is C16H28O6. The third-order valence-electron chi connectivity index (χ3n) is 3.88. The van der Waals surface area contributed by atoms with Crippen LogP contribution in [0.4, 0.5) is 0 Å². The maximum absolute atomic E-state index is 11.2. The third-order valence-corrected chi connectivity index (χ3v) is 3.88. The van der Waals surface area contributed by atoms with Crippen molar-refractivity contribution in [1.29, 1.82) is 0 Å². The first kappa shape index (κ1) is 20.4. The van der Waals surface area contributed by atoms with Gasteiger partial charge < -0.3 is 15.3 Å². The van der Waals surface area contributed by atoms with Crippen molar-refractivity contribution in [3.05, 3.63) is 0 Å². The van der Waals surface area contributed by atoms with Crippen LogP contribution in [0.2, 0.25) is 0 Å². The molecule has 0 saturated heterocycles. The van der Waals surface area contributed by atoms with E-state index in [4.69, 9.17) is 15.3 Å². The molecule has 3 N–H and O–H groups in total. The van der Waals surface area contributed by atoms with Crippen LogP contribution in [-0.2, 0) is 14.4 Å². The maximum atomic E-state index is 11.2. The molecule has 0 spiro atoms. The van der Waals surface area contributed by atoms with Gasteiger partial charge in [0.1, 0.15) is 0 Å². The van der Waals surface area contributed by atoms with E-state index in [2.05, 4.69) is 6.92 Å². The van der Waals surface area contributed by atoms with Crippen molar-refractivity contribution in [2.45, 2.75) is 71.1 Å². The van der Waals surface area contributed by atoms with E-state index in [1.807, 2.05) is 0 Å². The summed E-state index contributed by atoms with van der Waals surface area (Å²) < 4.78 is 0. The summed E-state index contributed by atoms with van der Waals surface area (Å²) in [4.78, 5) is 33.0. The van der Waals surface area contributed by atoms with E-state index in [-0.39, 0.29) is 6.42 Å². The topological polar surface area (TPSA) is 112 Å². The lowest BCUT2D eigenvalue weighted by atomic mass is 9.85. The van der Waals surface area contributed by atoms with E-state index < -0.39 is 36.2 Å². The number of hydrogen-bond acceptors (Lipinski definition) is 3. The molecule has 6 nitrogen and oxygen atoms in total. The molecule has 0 heterocycles. The molecule has 0 aromatic rings. The largest absolute Gasteiger partial charge is 0.481 e. The van der Waals surface area contributed by atoms with Gasteiger partial charge in [0, 0.05) is 0 Å². The number of rotatable bonds is 14. The second-order valence-corrected chi connectivity index (χ2v) is 5.75. The molecule has 0 rings (SSSR count). The van der Waals surface area contributed by atoms with Gasteiger partial charge in [0.2, 0.25) is 0 Å². The van der Waals surface area contributed by atoms with Crippen molar-refractivity contribution in [2.24, 2.45) is 11.8 Å². The van der Waals surface area contributed by atoms with Crippen LogP contribution in [-0.4, -0.2) is 33.2 Å². The number of unbranched alkanes of at least 4 members (excludes halogenated alkanes) is 7. The van der Waals surface area contributed by atoms with Crippen LogP contribution in [0.5, 0.6) is 0 Å². The Hall–Kier alpha value is -1.59. The Kier molecular flexibility index (Phi) is 11.1. The Bertz CT molecular complexity index is 353. The Balaban J connectivity index is 4.15. The Morgan fingerprint density at radius 3 is 1.59 bits per heavy atom. The van der Waals surface area contributed by atoms with Gasteiger partial charge in [-0.1, -0.05) is 58.3 Å². The van der Waals surface area contributed by atoms with Crippen molar-refractivity contribution in [2.75, 3.05) is 0 Å². The molecule has 22 heavy (non-hydrogen) atoms. The smallest absolute Gasteiger partial charge is 0.307 e. The van der Waals surface area contributed by atoms with Crippen molar-refractivity contribution in [1.82, 2.24) is 0 Å². The first-order valence-electron chi connectivity index (χ1n) is 8.07. The molecule has 0 fully saturated rings. The van der Waals surface area contributed by atoms with Crippen LogP contribution in [0, 0.1) is 11.8 Å². The number of carbonyl (C=O) groups is 3. The molecule has 0 aliphatic heterocycles. The van der Waals surface area contributed by atoms with Crippen molar-refractivity contribution < 1.29 is 29.7 Å². The summed E-state index contributed by atoms with van der Waals surface area (Å²) in [5, 5.41) is 26.9. The van der Waals surface area contributed by atoms with Gasteiger partial charge in [0.25, 0.3) is 0 Å². The average Bonchev–Trinajstić information content (AvgIpc) is 2.43. The first-order valence-corrected chi connectivity index (χ1v) is 8.07. The van der Waals surface area contributed by atoms with Crippen LogP contribution >= 0.6 is 0 Å². The number of aliphatic carboxylic acids is 3. The van der Waals surface area contributed by atoms with Crippen LogP contribution in [0.15, 0.2) is 0 Å². The standard InChI is InChI=1S/C16H28O6/c1-2-3-4-5-6-7-8-9-10-12(15(19)20)13(16(21)22)11-14(17)18/h12-13H,2-11H2,1H3,(H,17,18)(H,19,20)(H,21,22). The Morgan fingerprint density at radius 1 is 0.727 bits per heavy atom. The maximum Gasteiger partial charge on any atom is 0.307 e. The molecule has 6 heteroatoms. The molecular weight excluding hydrogens is 288 g/mol. The highest BCUT2D eigenvalue weighted by atomic mass is 16.4. The molecule has 2 atom stereocenters. The van der Waals surface area contributed by atoms with Crippen LogP contribution in [0.3, 0.4) is 0 Å². The lowest BCUT2D eigenvalue weighted by molar-refractivity contribution is -0.157. The molecule has 0 bridgehead atoms. The fourth-order valence-electron chi connectivity index (χ4n) is 2.58. The van der Waals surface area contributed by atoms with Gasteiger partial charge in [-0.2, -0.15) is 0 Å². The molecule has 0 radical (unpaired) electrons. The number of carboxylic acid groups (broad SMARTS) is 3. The minimum atomic E-state index is -1.36.